The topological polar surface area (TPSA) is 86.8 Å². The van der Waals surface area contributed by atoms with Crippen LogP contribution in [0, 0.1) is 0 Å². The molecule has 0 atom stereocenters. The van der Waals surface area contributed by atoms with Crippen LogP contribution in [0.3, 0.4) is 0 Å². The molecular formula is C15H13N5O. The molecule has 2 aromatic heterocycles. The molecule has 6 nitrogen and oxygen atoms in total. The van der Waals surface area contributed by atoms with Gasteiger partial charge in [0.2, 0.25) is 11.8 Å². The van der Waals surface area contributed by atoms with Gasteiger partial charge >= 0.3 is 0 Å². The molecule has 2 heterocycles. The third-order valence-corrected chi connectivity index (χ3v) is 2.97. The number of nitrogens with two attached hydrogens (primary N) is 1. The first-order valence-corrected chi connectivity index (χ1v) is 6.34. The van der Waals surface area contributed by atoms with Crippen molar-refractivity contribution in [2.75, 3.05) is 12.8 Å². The summed E-state index contributed by atoms with van der Waals surface area (Å²) < 4.78 is 5.14. The summed E-state index contributed by atoms with van der Waals surface area (Å²) in [5.41, 5.74) is 8.73. The molecule has 6 heteroatoms. The van der Waals surface area contributed by atoms with Crippen LogP contribution < -0.4 is 10.5 Å². The van der Waals surface area contributed by atoms with E-state index in [1.54, 1.807) is 19.4 Å². The summed E-state index contributed by atoms with van der Waals surface area (Å²) in [6.07, 6.45) is 1.65. The average Bonchev–Trinajstić information content (AvgIpc) is 2.55. The molecule has 21 heavy (non-hydrogen) atoms. The molecule has 0 amide bonds. The molecule has 0 aliphatic heterocycles. The number of hydrogen-bond donors (Lipinski definition) is 1. The average molecular weight is 279 g/mol. The lowest BCUT2D eigenvalue weighted by Crippen LogP contribution is -2.02. The molecule has 104 valence electrons. The minimum absolute atomic E-state index is 0.138. The summed E-state index contributed by atoms with van der Waals surface area (Å²) >= 11 is 0. The van der Waals surface area contributed by atoms with Crippen LogP contribution in [0.15, 0.2) is 48.7 Å². The van der Waals surface area contributed by atoms with Crippen LogP contribution in [-0.4, -0.2) is 27.3 Å². The molecule has 0 aliphatic rings. The van der Waals surface area contributed by atoms with Gasteiger partial charge in [-0.15, -0.1) is 10.2 Å². The Hall–Kier alpha value is -3.02. The summed E-state index contributed by atoms with van der Waals surface area (Å²) in [7, 11) is 1.57. The standard InChI is InChI=1S/C15H13N5O/c1-21-12-9-11(7-8-17-12)14-13(18-15(16)20-19-14)10-5-3-2-4-6-10/h2-9H,1H3,(H2,16,18,20). The lowest BCUT2D eigenvalue weighted by Gasteiger charge is -2.08. The molecule has 0 bridgehead atoms. The van der Waals surface area contributed by atoms with Crippen LogP contribution in [0.25, 0.3) is 22.5 Å². The fourth-order valence-electron chi connectivity index (χ4n) is 2.00. The van der Waals surface area contributed by atoms with Crippen LogP contribution in [0.4, 0.5) is 5.95 Å². The van der Waals surface area contributed by atoms with E-state index in [1.807, 2.05) is 36.4 Å². The van der Waals surface area contributed by atoms with Gasteiger partial charge in [-0.05, 0) is 6.07 Å². The maximum atomic E-state index is 5.68. The van der Waals surface area contributed by atoms with E-state index in [0.717, 1.165) is 11.1 Å². The van der Waals surface area contributed by atoms with E-state index in [9.17, 15) is 0 Å². The predicted molar refractivity (Wildman–Crippen MR) is 79.5 cm³/mol. The van der Waals surface area contributed by atoms with Gasteiger partial charge in [0.25, 0.3) is 0 Å². The van der Waals surface area contributed by atoms with Crippen LogP contribution in [0.2, 0.25) is 0 Å². The summed E-state index contributed by atoms with van der Waals surface area (Å²) in [6, 6.07) is 13.3. The van der Waals surface area contributed by atoms with Crippen LogP contribution in [0.1, 0.15) is 0 Å². The van der Waals surface area contributed by atoms with Gasteiger partial charge in [-0.1, -0.05) is 30.3 Å². The zero-order valence-electron chi connectivity index (χ0n) is 11.4. The Bertz CT molecular complexity index is 761. The molecular weight excluding hydrogens is 266 g/mol. The van der Waals surface area contributed by atoms with Gasteiger partial charge in [-0.25, -0.2) is 9.97 Å². The molecule has 3 aromatic rings. The van der Waals surface area contributed by atoms with Crippen molar-refractivity contribution >= 4 is 5.95 Å². The van der Waals surface area contributed by atoms with Crippen molar-refractivity contribution in [2.45, 2.75) is 0 Å². The van der Waals surface area contributed by atoms with Crippen molar-refractivity contribution < 1.29 is 4.74 Å². The van der Waals surface area contributed by atoms with Crippen molar-refractivity contribution in [3.05, 3.63) is 48.7 Å². The van der Waals surface area contributed by atoms with E-state index in [4.69, 9.17) is 10.5 Å². The number of ether oxygens (including phenoxy) is 1. The summed E-state index contributed by atoms with van der Waals surface area (Å²) in [4.78, 5) is 8.41. The first-order chi connectivity index (χ1) is 10.3. The number of pyridine rings is 1. The summed E-state index contributed by atoms with van der Waals surface area (Å²) in [5, 5.41) is 8.03. The van der Waals surface area contributed by atoms with Gasteiger partial charge in [0.05, 0.1) is 7.11 Å². The number of hydrogen-bond acceptors (Lipinski definition) is 6. The normalized spacial score (nSPS) is 10.3. The summed E-state index contributed by atoms with van der Waals surface area (Å²) in [6.45, 7) is 0. The fourth-order valence-corrected chi connectivity index (χ4v) is 2.00. The van der Waals surface area contributed by atoms with Crippen molar-refractivity contribution in [3.8, 4) is 28.4 Å². The first kappa shape index (κ1) is 13.0. The quantitative estimate of drug-likeness (QED) is 0.790. The molecule has 0 aliphatic carbocycles. The molecule has 1 aromatic carbocycles. The molecule has 0 unspecified atom stereocenters. The van der Waals surface area contributed by atoms with E-state index >= 15 is 0 Å². The molecule has 3 rings (SSSR count). The highest BCUT2D eigenvalue weighted by atomic mass is 16.5. The lowest BCUT2D eigenvalue weighted by molar-refractivity contribution is 0.398. The Morgan fingerprint density at radius 1 is 0.952 bits per heavy atom. The van der Waals surface area contributed by atoms with Gasteiger partial charge in [0.1, 0.15) is 11.4 Å². The molecule has 0 fully saturated rings. The Morgan fingerprint density at radius 3 is 2.52 bits per heavy atom. The Kier molecular flexibility index (Phi) is 3.42. The number of nitrogen functional groups attached to an aromatic ring is 1. The Labute approximate surface area is 121 Å². The van der Waals surface area contributed by atoms with E-state index in [-0.39, 0.29) is 5.95 Å². The second-order valence-corrected chi connectivity index (χ2v) is 4.32. The SMILES string of the molecule is COc1cc(-c2nnc(N)nc2-c2ccccc2)ccn1. The number of aromatic nitrogens is 4. The summed E-state index contributed by atoms with van der Waals surface area (Å²) in [5.74, 6) is 0.642. The van der Waals surface area contributed by atoms with Crippen molar-refractivity contribution in [2.24, 2.45) is 0 Å². The maximum Gasteiger partial charge on any atom is 0.240 e. The molecule has 0 spiro atoms. The zero-order valence-corrected chi connectivity index (χ0v) is 11.4. The third kappa shape index (κ3) is 2.64. The highest BCUT2D eigenvalue weighted by Crippen LogP contribution is 2.29. The minimum atomic E-state index is 0.138. The first-order valence-electron chi connectivity index (χ1n) is 6.34. The maximum absolute atomic E-state index is 5.68. The van der Waals surface area contributed by atoms with Gasteiger partial charge in [-0.2, -0.15) is 0 Å². The largest absolute Gasteiger partial charge is 0.481 e. The van der Waals surface area contributed by atoms with Gasteiger partial charge in [-0.3, -0.25) is 0 Å². The predicted octanol–water partition coefficient (Wildman–Crippen LogP) is 2.19. The monoisotopic (exact) mass is 279 g/mol. The number of nitrogens with zero attached hydrogens (tertiary/aromatic N) is 4. The van der Waals surface area contributed by atoms with E-state index in [0.29, 0.717) is 17.3 Å². The van der Waals surface area contributed by atoms with Crippen molar-refractivity contribution in [1.82, 2.24) is 20.2 Å². The van der Waals surface area contributed by atoms with Gasteiger partial charge in [0.15, 0.2) is 0 Å². The Balaban J connectivity index is 2.18. The van der Waals surface area contributed by atoms with Gasteiger partial charge < -0.3 is 10.5 Å². The molecule has 2 N–H and O–H groups in total. The second kappa shape index (κ2) is 5.54. The fraction of sp³-hybridized carbons (Fsp3) is 0.0667. The van der Waals surface area contributed by atoms with Gasteiger partial charge in [0, 0.05) is 23.4 Å². The number of benzene rings is 1. The highest BCUT2D eigenvalue weighted by Gasteiger charge is 2.13. The van der Waals surface area contributed by atoms with E-state index in [1.165, 1.54) is 0 Å². The highest BCUT2D eigenvalue weighted by molar-refractivity contribution is 5.78. The van der Waals surface area contributed by atoms with Crippen LogP contribution in [0.5, 0.6) is 5.88 Å². The van der Waals surface area contributed by atoms with Crippen LogP contribution in [-0.2, 0) is 0 Å². The van der Waals surface area contributed by atoms with E-state index in [2.05, 4.69) is 20.2 Å². The minimum Gasteiger partial charge on any atom is -0.481 e. The van der Waals surface area contributed by atoms with E-state index < -0.39 is 0 Å². The number of methoxy groups -OCH3 is 1. The third-order valence-electron chi connectivity index (χ3n) is 2.97. The molecule has 0 radical (unpaired) electrons. The van der Waals surface area contributed by atoms with Crippen molar-refractivity contribution in [3.63, 3.8) is 0 Å². The smallest absolute Gasteiger partial charge is 0.240 e. The number of anilines is 1. The molecule has 0 saturated heterocycles. The molecule has 0 saturated carbocycles. The second-order valence-electron chi connectivity index (χ2n) is 4.32. The number of rotatable bonds is 3. The zero-order chi connectivity index (χ0) is 14.7. The van der Waals surface area contributed by atoms with Crippen LogP contribution >= 0.6 is 0 Å². The Morgan fingerprint density at radius 2 is 1.76 bits per heavy atom. The lowest BCUT2D eigenvalue weighted by atomic mass is 10.1. The van der Waals surface area contributed by atoms with Crippen molar-refractivity contribution in [1.29, 1.82) is 0 Å².